The minimum atomic E-state index is -4.64. The van der Waals surface area contributed by atoms with Crippen LogP contribution in [0, 0.1) is 0 Å². The van der Waals surface area contributed by atoms with Gasteiger partial charge >= 0.3 is 7.82 Å². The number of aliphatic hydroxyl groups is 4. The van der Waals surface area contributed by atoms with Crippen LogP contribution in [0.25, 0.3) is 0 Å². The summed E-state index contributed by atoms with van der Waals surface area (Å²) in [6.07, 6.45) is -6.42. The number of phosphoric acid groups is 1. The Balaban J connectivity index is 0.000000621. The Morgan fingerprint density at radius 3 is 1.95 bits per heavy atom. The molecule has 12 heteroatoms. The molecule has 11 nitrogen and oxygen atoms in total. The molecule has 0 radical (unpaired) electrons. The highest BCUT2D eigenvalue weighted by Gasteiger charge is 2.43. The number of hydrogen-bond donors (Lipinski definition) is 8. The molecule has 0 aromatic heterocycles. The van der Waals surface area contributed by atoms with Gasteiger partial charge in [-0.15, -0.1) is 0 Å². The van der Waals surface area contributed by atoms with Crippen LogP contribution in [0.3, 0.4) is 0 Å². The van der Waals surface area contributed by atoms with Crippen LogP contribution in [-0.2, 0) is 14.1 Å². The highest BCUT2D eigenvalue weighted by Crippen LogP contribution is 2.25. The molecule has 1 fully saturated rings. The number of aliphatic hydroxyl groups excluding tert-OH is 4. The second-order valence-corrected chi connectivity index (χ2v) is 4.99. The Hall–Kier alpha value is -0.620. The van der Waals surface area contributed by atoms with E-state index in [2.05, 4.69) is 5.32 Å². The molecule has 0 aliphatic carbocycles. The lowest BCUT2D eigenvalue weighted by Crippen LogP contribution is -2.63. The van der Waals surface area contributed by atoms with Gasteiger partial charge in [-0.25, -0.2) is 4.57 Å². The quantitative estimate of drug-likeness (QED) is 0.232. The second kappa shape index (κ2) is 7.98. The van der Waals surface area contributed by atoms with Crippen molar-refractivity contribution < 1.29 is 49.2 Å². The monoisotopic (exact) mass is 319 g/mol. The highest BCUT2D eigenvalue weighted by atomic mass is 31.2. The predicted molar refractivity (Wildman–Crippen MR) is 61.8 cm³/mol. The van der Waals surface area contributed by atoms with Gasteiger partial charge < -0.3 is 45.2 Å². The van der Waals surface area contributed by atoms with Crippen LogP contribution in [0.15, 0.2) is 0 Å². The molecule has 20 heavy (non-hydrogen) atoms. The molecular formula is C8H18NO10P. The summed E-state index contributed by atoms with van der Waals surface area (Å²) in [5.41, 5.74) is 0. The summed E-state index contributed by atoms with van der Waals surface area (Å²) in [5.74, 6) is -0.445. The first-order valence-corrected chi connectivity index (χ1v) is 6.89. The molecule has 0 bridgehead atoms. The zero-order chi connectivity index (χ0) is 16.1. The van der Waals surface area contributed by atoms with Gasteiger partial charge in [0.05, 0.1) is 6.61 Å². The minimum Gasteiger partial charge on any atom is -0.394 e. The maximum Gasteiger partial charge on any atom is 0.466 e. The predicted octanol–water partition coefficient (Wildman–Crippen LogP) is -4.01. The first kappa shape index (κ1) is 19.4. The molecule has 0 spiro atoms. The standard InChI is InChI=1S/C8H15NO6.H3O4P/c1-3(11)9-8-7(14)6(13)5(12)4(2-10)15-8;1-5(2,3)4/h4-8,10,12-14H,2H2,1H3,(H,9,11);(H3,1,2,3,4)/t4-,5-,6+,7-,8+;/m1./s1. The Morgan fingerprint density at radius 1 is 1.15 bits per heavy atom. The first-order chi connectivity index (χ1) is 8.97. The van der Waals surface area contributed by atoms with Crippen molar-refractivity contribution in [2.24, 2.45) is 0 Å². The van der Waals surface area contributed by atoms with E-state index in [-0.39, 0.29) is 0 Å². The van der Waals surface area contributed by atoms with Crippen LogP contribution in [0.1, 0.15) is 6.92 Å². The number of nitrogens with one attached hydrogen (secondary N) is 1. The maximum atomic E-state index is 10.7. The van der Waals surface area contributed by atoms with Crippen LogP contribution >= 0.6 is 7.82 Å². The van der Waals surface area contributed by atoms with E-state index in [1.807, 2.05) is 0 Å². The van der Waals surface area contributed by atoms with E-state index in [1.54, 1.807) is 0 Å². The van der Waals surface area contributed by atoms with Crippen molar-refractivity contribution in [3.63, 3.8) is 0 Å². The summed E-state index contributed by atoms with van der Waals surface area (Å²) in [6.45, 7) is 0.711. The van der Waals surface area contributed by atoms with Gasteiger partial charge in [-0.2, -0.15) is 0 Å². The normalized spacial score (nSPS) is 33.9. The summed E-state index contributed by atoms with van der Waals surface area (Å²) < 4.78 is 13.9. The number of carbonyl (C=O) groups is 1. The summed E-state index contributed by atoms with van der Waals surface area (Å²) in [5, 5.41) is 39.3. The van der Waals surface area contributed by atoms with E-state index in [0.717, 1.165) is 0 Å². The first-order valence-electron chi connectivity index (χ1n) is 5.33. The van der Waals surface area contributed by atoms with Crippen LogP contribution in [0.4, 0.5) is 0 Å². The molecule has 0 aromatic rings. The average Bonchev–Trinajstić information content (AvgIpc) is 2.27. The third-order valence-electron chi connectivity index (χ3n) is 2.24. The van der Waals surface area contributed by atoms with Crippen molar-refractivity contribution in [2.75, 3.05) is 6.61 Å². The molecular weight excluding hydrogens is 301 g/mol. The molecule has 1 saturated heterocycles. The molecule has 0 unspecified atom stereocenters. The number of ether oxygens (including phenoxy) is 1. The second-order valence-electron chi connectivity index (χ2n) is 3.96. The lowest BCUT2D eigenvalue weighted by atomic mass is 9.98. The van der Waals surface area contributed by atoms with Gasteiger partial charge in [-0.05, 0) is 0 Å². The SMILES string of the molecule is CC(=O)N[C@H]1O[C@H](CO)[C@@H](O)[C@H](O)[C@H]1O.O=P(O)(O)O. The fourth-order valence-electron chi connectivity index (χ4n) is 1.42. The highest BCUT2D eigenvalue weighted by molar-refractivity contribution is 7.45. The molecule has 120 valence electrons. The number of amides is 1. The minimum absolute atomic E-state index is 0.445. The zero-order valence-corrected chi connectivity index (χ0v) is 11.3. The summed E-state index contributed by atoms with van der Waals surface area (Å²) in [4.78, 5) is 32.3. The number of hydrogen-bond acceptors (Lipinski definition) is 7. The maximum absolute atomic E-state index is 10.7. The molecule has 5 atom stereocenters. The van der Waals surface area contributed by atoms with E-state index in [9.17, 15) is 20.1 Å². The van der Waals surface area contributed by atoms with Crippen molar-refractivity contribution in [1.82, 2.24) is 5.32 Å². The van der Waals surface area contributed by atoms with Crippen LogP contribution in [0.2, 0.25) is 0 Å². The average molecular weight is 319 g/mol. The van der Waals surface area contributed by atoms with Crippen LogP contribution < -0.4 is 5.32 Å². The van der Waals surface area contributed by atoms with E-state index >= 15 is 0 Å². The van der Waals surface area contributed by atoms with Gasteiger partial charge in [0.2, 0.25) is 5.91 Å². The largest absolute Gasteiger partial charge is 0.466 e. The van der Waals surface area contributed by atoms with Gasteiger partial charge in [0.25, 0.3) is 0 Å². The fraction of sp³-hybridized carbons (Fsp3) is 0.875. The Bertz CT molecular complexity index is 349. The number of rotatable bonds is 2. The van der Waals surface area contributed by atoms with E-state index in [4.69, 9.17) is 29.1 Å². The van der Waals surface area contributed by atoms with Crippen molar-refractivity contribution in [1.29, 1.82) is 0 Å². The smallest absolute Gasteiger partial charge is 0.394 e. The van der Waals surface area contributed by atoms with Gasteiger partial charge in [0.15, 0.2) is 6.23 Å². The van der Waals surface area contributed by atoms with Gasteiger partial charge in [-0.1, -0.05) is 0 Å². The fourth-order valence-corrected chi connectivity index (χ4v) is 1.42. The summed E-state index contributed by atoms with van der Waals surface area (Å²) in [7, 11) is -4.64. The summed E-state index contributed by atoms with van der Waals surface area (Å²) in [6, 6.07) is 0. The van der Waals surface area contributed by atoms with E-state index < -0.39 is 51.0 Å². The van der Waals surface area contributed by atoms with Crippen LogP contribution in [-0.4, -0.2) is 78.3 Å². The topological polar surface area (TPSA) is 197 Å². The molecule has 1 aliphatic rings. The molecule has 1 heterocycles. The van der Waals surface area contributed by atoms with Gasteiger partial charge in [0.1, 0.15) is 24.4 Å². The van der Waals surface area contributed by atoms with Crippen molar-refractivity contribution in [3.05, 3.63) is 0 Å². The Kier molecular flexibility index (Phi) is 7.73. The molecule has 1 rings (SSSR count). The van der Waals surface area contributed by atoms with Crippen molar-refractivity contribution >= 4 is 13.7 Å². The lowest BCUT2D eigenvalue weighted by Gasteiger charge is -2.39. The number of carbonyl (C=O) groups excluding carboxylic acids is 1. The van der Waals surface area contributed by atoms with Crippen LogP contribution in [0.5, 0.6) is 0 Å². The van der Waals surface area contributed by atoms with E-state index in [0.29, 0.717) is 0 Å². The molecule has 1 aliphatic heterocycles. The van der Waals surface area contributed by atoms with Gasteiger partial charge in [0, 0.05) is 6.92 Å². The molecule has 8 N–H and O–H groups in total. The molecule has 0 aromatic carbocycles. The van der Waals surface area contributed by atoms with Gasteiger partial charge in [-0.3, -0.25) is 4.79 Å². The zero-order valence-electron chi connectivity index (χ0n) is 10.4. The van der Waals surface area contributed by atoms with Crippen molar-refractivity contribution in [2.45, 2.75) is 37.6 Å². The Labute approximate surface area is 113 Å². The lowest BCUT2D eigenvalue weighted by molar-refractivity contribution is -0.235. The van der Waals surface area contributed by atoms with Crippen molar-refractivity contribution in [3.8, 4) is 0 Å². The molecule has 1 amide bonds. The third kappa shape index (κ3) is 7.24. The summed E-state index contributed by atoms with van der Waals surface area (Å²) >= 11 is 0. The Morgan fingerprint density at radius 2 is 1.60 bits per heavy atom. The molecule has 0 saturated carbocycles. The van der Waals surface area contributed by atoms with E-state index in [1.165, 1.54) is 6.92 Å². The third-order valence-corrected chi connectivity index (χ3v) is 2.24.